The van der Waals surface area contributed by atoms with Crippen molar-refractivity contribution in [1.29, 1.82) is 0 Å². The van der Waals surface area contributed by atoms with E-state index in [0.29, 0.717) is 6.42 Å². The van der Waals surface area contributed by atoms with Crippen molar-refractivity contribution < 1.29 is 4.79 Å². The first-order valence-electron chi connectivity index (χ1n) is 13.5. The zero-order valence-electron chi connectivity index (χ0n) is 21.0. The first kappa shape index (κ1) is 25.9. The minimum Gasteiger partial charge on any atom is -0.273 e. The van der Waals surface area contributed by atoms with Crippen LogP contribution in [0.5, 0.6) is 0 Å². The normalized spacial score (nSPS) is 11.6. The highest BCUT2D eigenvalue weighted by atomic mass is 16.2. The maximum absolute atomic E-state index is 12.2. The van der Waals surface area contributed by atoms with E-state index in [9.17, 15) is 4.79 Å². The molecular weight excluding hydrogens is 416 g/mol. The summed E-state index contributed by atoms with van der Waals surface area (Å²) in [6.45, 7) is 2.27. The van der Waals surface area contributed by atoms with Gasteiger partial charge < -0.3 is 0 Å². The molecule has 0 fully saturated rings. The second-order valence-electron chi connectivity index (χ2n) is 9.52. The highest BCUT2D eigenvalue weighted by Crippen LogP contribution is 2.27. The van der Waals surface area contributed by atoms with E-state index < -0.39 is 0 Å². The van der Waals surface area contributed by atoms with E-state index in [1.165, 1.54) is 81.4 Å². The third-order valence-corrected chi connectivity index (χ3v) is 6.70. The molecule has 0 unspecified atom stereocenters. The lowest BCUT2D eigenvalue weighted by Gasteiger charge is -2.08. The van der Waals surface area contributed by atoms with Crippen LogP contribution in [0.1, 0.15) is 102 Å². The summed E-state index contributed by atoms with van der Waals surface area (Å²) < 4.78 is 0. The van der Waals surface area contributed by atoms with Gasteiger partial charge in [-0.05, 0) is 34.0 Å². The van der Waals surface area contributed by atoms with Crippen LogP contribution >= 0.6 is 0 Å². The number of benzene rings is 3. The Kier molecular flexibility index (Phi) is 11.6. The minimum atomic E-state index is 0.00358. The molecule has 0 aliphatic carbocycles. The van der Waals surface area contributed by atoms with Crippen LogP contribution in [-0.2, 0) is 4.79 Å². The van der Waals surface area contributed by atoms with Gasteiger partial charge in [0, 0.05) is 12.0 Å². The number of rotatable bonds is 16. The van der Waals surface area contributed by atoms with Gasteiger partial charge in [0.2, 0.25) is 5.91 Å². The lowest BCUT2D eigenvalue weighted by molar-refractivity contribution is -0.121. The Labute approximate surface area is 206 Å². The first-order chi connectivity index (χ1) is 16.8. The Morgan fingerprint density at radius 3 is 1.71 bits per heavy atom. The first-order valence-corrected chi connectivity index (χ1v) is 13.5. The molecule has 0 heterocycles. The third kappa shape index (κ3) is 8.59. The van der Waals surface area contributed by atoms with E-state index in [1.807, 2.05) is 12.1 Å². The van der Waals surface area contributed by atoms with Gasteiger partial charge in [0.05, 0.1) is 6.21 Å². The average molecular weight is 459 g/mol. The molecule has 0 aliphatic heterocycles. The summed E-state index contributed by atoms with van der Waals surface area (Å²) in [5.41, 5.74) is 3.79. The number of amides is 1. The number of nitrogens with zero attached hydrogens (tertiary/aromatic N) is 1. The van der Waals surface area contributed by atoms with E-state index in [4.69, 9.17) is 0 Å². The molecule has 0 spiro atoms. The van der Waals surface area contributed by atoms with Crippen molar-refractivity contribution in [3.8, 4) is 0 Å². The van der Waals surface area contributed by atoms with Crippen molar-refractivity contribution in [1.82, 2.24) is 5.43 Å². The van der Waals surface area contributed by atoms with Gasteiger partial charge in [0.25, 0.3) is 0 Å². The average Bonchev–Trinajstić information content (AvgIpc) is 2.86. The van der Waals surface area contributed by atoms with Crippen LogP contribution in [-0.4, -0.2) is 12.1 Å². The lowest BCUT2D eigenvalue weighted by atomic mass is 9.97. The molecule has 0 bridgehead atoms. The third-order valence-electron chi connectivity index (χ3n) is 6.70. The molecule has 0 saturated carbocycles. The maximum Gasteiger partial charge on any atom is 0.240 e. The standard InChI is InChI=1S/C31H42N2O/c1-2-3-4-5-6-7-8-9-10-11-12-13-14-23-31(34)33-32-25-30-28-21-17-15-19-26(28)24-27-20-16-18-22-29(27)30/h15-22,24-25H,2-14,23H2,1H3,(H,33,34)/b32-25-. The van der Waals surface area contributed by atoms with Crippen LogP contribution in [0.2, 0.25) is 0 Å². The SMILES string of the molecule is CCCCCCCCCCCCCCCC(=O)N/N=C\c1c2ccccc2cc2ccccc12. The molecule has 1 N–H and O–H groups in total. The fourth-order valence-corrected chi connectivity index (χ4v) is 4.72. The molecule has 182 valence electrons. The Morgan fingerprint density at radius 1 is 0.706 bits per heavy atom. The summed E-state index contributed by atoms with van der Waals surface area (Å²) in [6, 6.07) is 18.8. The molecular formula is C31H42N2O. The van der Waals surface area contributed by atoms with Gasteiger partial charge in [0.1, 0.15) is 0 Å². The van der Waals surface area contributed by atoms with Crippen LogP contribution in [0.4, 0.5) is 0 Å². The summed E-state index contributed by atoms with van der Waals surface area (Å²) >= 11 is 0. The molecule has 0 radical (unpaired) electrons. The van der Waals surface area contributed by atoms with Crippen molar-refractivity contribution in [2.75, 3.05) is 0 Å². The van der Waals surface area contributed by atoms with Crippen molar-refractivity contribution in [2.45, 2.75) is 96.8 Å². The fraction of sp³-hybridized carbons (Fsp3) is 0.484. The van der Waals surface area contributed by atoms with E-state index in [2.05, 4.69) is 59.9 Å². The molecule has 3 aromatic rings. The van der Waals surface area contributed by atoms with Crippen LogP contribution in [0.25, 0.3) is 21.5 Å². The highest BCUT2D eigenvalue weighted by molar-refractivity contribution is 6.13. The molecule has 3 rings (SSSR count). The summed E-state index contributed by atoms with van der Waals surface area (Å²) in [5.74, 6) is 0.00358. The number of fused-ring (bicyclic) bond motifs is 2. The van der Waals surface area contributed by atoms with Crippen molar-refractivity contribution in [3.05, 3.63) is 60.2 Å². The van der Waals surface area contributed by atoms with Crippen molar-refractivity contribution >= 4 is 33.7 Å². The molecule has 3 heteroatoms. The predicted octanol–water partition coefficient (Wildman–Crippen LogP) is 8.92. The van der Waals surface area contributed by atoms with E-state index in [-0.39, 0.29) is 5.91 Å². The van der Waals surface area contributed by atoms with Gasteiger partial charge in [-0.3, -0.25) is 4.79 Å². The maximum atomic E-state index is 12.2. The number of carbonyl (C=O) groups excluding carboxylic acids is 1. The second kappa shape index (κ2) is 15.3. The highest BCUT2D eigenvalue weighted by Gasteiger charge is 2.06. The number of nitrogens with one attached hydrogen (secondary N) is 1. The zero-order chi connectivity index (χ0) is 23.8. The summed E-state index contributed by atoms with van der Waals surface area (Å²) in [7, 11) is 0. The van der Waals surface area contributed by atoms with Crippen LogP contribution < -0.4 is 5.43 Å². The Bertz CT molecular complexity index is 986. The quantitative estimate of drug-likeness (QED) is 0.0989. The zero-order valence-corrected chi connectivity index (χ0v) is 21.0. The Hall–Kier alpha value is -2.68. The van der Waals surface area contributed by atoms with Gasteiger partial charge in [0.15, 0.2) is 0 Å². The molecule has 1 amide bonds. The molecule has 0 saturated heterocycles. The minimum absolute atomic E-state index is 0.00358. The molecule has 0 atom stereocenters. The smallest absolute Gasteiger partial charge is 0.240 e. The van der Waals surface area contributed by atoms with Crippen molar-refractivity contribution in [3.63, 3.8) is 0 Å². The Morgan fingerprint density at radius 2 is 1.18 bits per heavy atom. The van der Waals surface area contributed by atoms with E-state index in [0.717, 1.165) is 29.2 Å². The molecule has 0 aliphatic rings. The van der Waals surface area contributed by atoms with Gasteiger partial charge in [-0.1, -0.05) is 133 Å². The molecule has 3 nitrogen and oxygen atoms in total. The van der Waals surface area contributed by atoms with Gasteiger partial charge in [-0.2, -0.15) is 5.10 Å². The van der Waals surface area contributed by atoms with Crippen LogP contribution in [0.15, 0.2) is 59.7 Å². The number of unbranched alkanes of at least 4 members (excludes halogenated alkanes) is 12. The molecule has 0 aromatic heterocycles. The monoisotopic (exact) mass is 458 g/mol. The topological polar surface area (TPSA) is 41.5 Å². The van der Waals surface area contributed by atoms with Crippen molar-refractivity contribution in [2.24, 2.45) is 5.10 Å². The lowest BCUT2D eigenvalue weighted by Crippen LogP contribution is -2.16. The number of hydrogen-bond acceptors (Lipinski definition) is 2. The number of carbonyl (C=O) groups is 1. The van der Waals surface area contributed by atoms with Crippen LogP contribution in [0.3, 0.4) is 0 Å². The fourth-order valence-electron chi connectivity index (χ4n) is 4.72. The molecule has 3 aromatic carbocycles. The van der Waals surface area contributed by atoms with Crippen LogP contribution in [0, 0.1) is 0 Å². The number of hydrogen-bond donors (Lipinski definition) is 1. The van der Waals surface area contributed by atoms with E-state index >= 15 is 0 Å². The molecule has 34 heavy (non-hydrogen) atoms. The second-order valence-corrected chi connectivity index (χ2v) is 9.52. The van der Waals surface area contributed by atoms with E-state index in [1.54, 1.807) is 6.21 Å². The summed E-state index contributed by atoms with van der Waals surface area (Å²) in [5, 5.41) is 8.96. The van der Waals surface area contributed by atoms with Gasteiger partial charge >= 0.3 is 0 Å². The van der Waals surface area contributed by atoms with Gasteiger partial charge in [-0.15, -0.1) is 0 Å². The number of hydrazone groups is 1. The van der Waals surface area contributed by atoms with Gasteiger partial charge in [-0.25, -0.2) is 5.43 Å². The Balaban J connectivity index is 1.32. The summed E-state index contributed by atoms with van der Waals surface area (Å²) in [4.78, 5) is 12.2. The largest absolute Gasteiger partial charge is 0.273 e. The summed E-state index contributed by atoms with van der Waals surface area (Å²) in [6.07, 6.45) is 19.4. The predicted molar refractivity (Wildman–Crippen MR) is 148 cm³/mol.